The first-order valence-electron chi connectivity index (χ1n) is 5.95. The molecule has 1 amide bonds. The molecule has 1 N–H and O–H groups in total. The maximum Gasteiger partial charge on any atom is 0.230 e. The second-order valence-corrected chi connectivity index (χ2v) is 8.87. The van der Waals surface area contributed by atoms with Crippen molar-refractivity contribution in [2.75, 3.05) is 11.6 Å². The molecule has 0 fully saturated rings. The monoisotopic (exact) mass is 301 g/mol. The average Bonchev–Trinajstić information content (AvgIpc) is 2.39. The summed E-state index contributed by atoms with van der Waals surface area (Å²) in [5.74, 6) is -0.0736. The Bertz CT molecular complexity index is 548. The number of nitrogens with one attached hydrogen (secondary N) is 1. The molecule has 0 atom stereocenters. The van der Waals surface area contributed by atoms with Crippen molar-refractivity contribution >= 4 is 31.3 Å². The van der Waals surface area contributed by atoms with Crippen LogP contribution in [0.1, 0.15) is 27.2 Å². The smallest absolute Gasteiger partial charge is 0.230 e. The maximum absolute atomic E-state index is 12.0. The number of benzene rings is 1. The SMILES string of the molecule is CCC(C)(C)C(=O)Nc1ccc(S(=O)(=O)SC)cc1. The summed E-state index contributed by atoms with van der Waals surface area (Å²) < 4.78 is 23.2. The van der Waals surface area contributed by atoms with Crippen LogP contribution in [-0.2, 0) is 13.7 Å². The topological polar surface area (TPSA) is 63.2 Å². The van der Waals surface area contributed by atoms with Crippen molar-refractivity contribution < 1.29 is 13.2 Å². The number of amides is 1. The zero-order chi connectivity index (χ0) is 14.7. The lowest BCUT2D eigenvalue weighted by Crippen LogP contribution is -2.29. The van der Waals surface area contributed by atoms with Gasteiger partial charge in [-0.05, 0) is 47.7 Å². The Morgan fingerprint density at radius 3 is 2.21 bits per heavy atom. The second kappa shape index (κ2) is 5.96. The van der Waals surface area contributed by atoms with Gasteiger partial charge in [0.1, 0.15) is 0 Å². The van der Waals surface area contributed by atoms with Crippen LogP contribution in [0.5, 0.6) is 0 Å². The third-order valence-corrected chi connectivity index (χ3v) is 6.30. The number of carbonyl (C=O) groups excluding carboxylic acids is 1. The van der Waals surface area contributed by atoms with Crippen molar-refractivity contribution in [1.82, 2.24) is 0 Å². The van der Waals surface area contributed by atoms with Crippen molar-refractivity contribution in [2.45, 2.75) is 32.1 Å². The van der Waals surface area contributed by atoms with Crippen LogP contribution in [0.2, 0.25) is 0 Å². The zero-order valence-corrected chi connectivity index (χ0v) is 13.2. The van der Waals surface area contributed by atoms with Gasteiger partial charge in [0.15, 0.2) is 0 Å². The number of rotatable bonds is 5. The summed E-state index contributed by atoms with van der Waals surface area (Å²) in [6.45, 7) is 5.69. The molecule has 6 heteroatoms. The molecule has 1 aromatic carbocycles. The number of anilines is 1. The van der Waals surface area contributed by atoms with Gasteiger partial charge in [-0.2, -0.15) is 0 Å². The van der Waals surface area contributed by atoms with Gasteiger partial charge in [0.2, 0.25) is 14.8 Å². The Morgan fingerprint density at radius 2 is 1.79 bits per heavy atom. The summed E-state index contributed by atoms with van der Waals surface area (Å²) in [4.78, 5) is 12.2. The number of hydrogen-bond acceptors (Lipinski definition) is 4. The Hall–Kier alpha value is -1.01. The van der Waals surface area contributed by atoms with Crippen LogP contribution < -0.4 is 5.32 Å². The third kappa shape index (κ3) is 3.98. The van der Waals surface area contributed by atoms with E-state index in [0.717, 1.165) is 17.2 Å². The van der Waals surface area contributed by atoms with E-state index in [1.54, 1.807) is 12.1 Å². The van der Waals surface area contributed by atoms with Crippen LogP contribution in [0.25, 0.3) is 0 Å². The second-order valence-electron chi connectivity index (χ2n) is 4.84. The van der Waals surface area contributed by atoms with Gasteiger partial charge in [-0.15, -0.1) is 0 Å². The first-order chi connectivity index (χ1) is 8.73. The molecule has 0 aromatic heterocycles. The lowest BCUT2D eigenvalue weighted by Gasteiger charge is -2.21. The Morgan fingerprint density at radius 1 is 1.26 bits per heavy atom. The fraction of sp³-hybridized carbons (Fsp3) is 0.462. The van der Waals surface area contributed by atoms with E-state index < -0.39 is 14.3 Å². The minimum absolute atomic E-state index is 0.0736. The van der Waals surface area contributed by atoms with E-state index in [2.05, 4.69) is 5.32 Å². The summed E-state index contributed by atoms with van der Waals surface area (Å²) in [6.07, 6.45) is 2.26. The van der Waals surface area contributed by atoms with Gasteiger partial charge in [0.05, 0.1) is 4.90 Å². The summed E-state index contributed by atoms with van der Waals surface area (Å²) in [6, 6.07) is 6.21. The summed E-state index contributed by atoms with van der Waals surface area (Å²) in [5, 5.41) is 2.79. The molecule has 0 aliphatic rings. The van der Waals surface area contributed by atoms with Crippen molar-refractivity contribution in [3.8, 4) is 0 Å². The molecular weight excluding hydrogens is 282 g/mol. The Kier molecular flexibility index (Phi) is 5.04. The van der Waals surface area contributed by atoms with Crippen molar-refractivity contribution in [3.63, 3.8) is 0 Å². The van der Waals surface area contributed by atoms with E-state index in [4.69, 9.17) is 0 Å². The molecule has 0 saturated carbocycles. The predicted octanol–water partition coefficient (Wildman–Crippen LogP) is 3.11. The van der Waals surface area contributed by atoms with Gasteiger partial charge in [-0.3, -0.25) is 4.79 Å². The first kappa shape index (κ1) is 16.0. The molecule has 0 bridgehead atoms. The highest BCUT2D eigenvalue weighted by Gasteiger charge is 2.25. The van der Waals surface area contributed by atoms with Gasteiger partial charge in [0.25, 0.3) is 0 Å². The van der Waals surface area contributed by atoms with E-state index in [1.807, 2.05) is 20.8 Å². The van der Waals surface area contributed by atoms with Crippen molar-refractivity contribution in [2.24, 2.45) is 5.41 Å². The fourth-order valence-corrected chi connectivity index (χ4v) is 2.83. The van der Waals surface area contributed by atoms with Gasteiger partial charge in [-0.1, -0.05) is 20.8 Å². The van der Waals surface area contributed by atoms with Crippen LogP contribution in [0.15, 0.2) is 29.2 Å². The molecule has 0 saturated heterocycles. The lowest BCUT2D eigenvalue weighted by atomic mass is 9.89. The summed E-state index contributed by atoms with van der Waals surface area (Å²) >= 11 is 0. The van der Waals surface area contributed by atoms with Crippen LogP contribution in [0.3, 0.4) is 0 Å². The molecule has 0 heterocycles. The molecule has 19 heavy (non-hydrogen) atoms. The summed E-state index contributed by atoms with van der Waals surface area (Å²) in [7, 11) is -2.48. The molecular formula is C13H19NO3S2. The van der Waals surface area contributed by atoms with Crippen LogP contribution >= 0.6 is 10.8 Å². The molecule has 0 spiro atoms. The third-order valence-electron chi connectivity index (χ3n) is 3.12. The van der Waals surface area contributed by atoms with E-state index in [9.17, 15) is 13.2 Å². The maximum atomic E-state index is 12.0. The summed E-state index contributed by atoms with van der Waals surface area (Å²) in [5.41, 5.74) is 0.163. The molecule has 0 aliphatic carbocycles. The number of carbonyl (C=O) groups is 1. The molecule has 0 unspecified atom stereocenters. The van der Waals surface area contributed by atoms with E-state index in [0.29, 0.717) is 5.69 Å². The van der Waals surface area contributed by atoms with Crippen molar-refractivity contribution in [1.29, 1.82) is 0 Å². The Labute approximate surface area is 118 Å². The van der Waals surface area contributed by atoms with Crippen LogP contribution in [0, 0.1) is 5.41 Å². The number of hydrogen-bond donors (Lipinski definition) is 1. The molecule has 1 rings (SSSR count). The quantitative estimate of drug-likeness (QED) is 0.849. The average molecular weight is 301 g/mol. The highest BCUT2D eigenvalue weighted by atomic mass is 33.1. The Balaban J connectivity index is 2.87. The van der Waals surface area contributed by atoms with Gasteiger partial charge < -0.3 is 5.32 Å². The molecule has 4 nitrogen and oxygen atoms in total. The first-order valence-corrected chi connectivity index (χ1v) is 9.17. The normalized spacial score (nSPS) is 12.2. The minimum atomic E-state index is -3.27. The fourth-order valence-electron chi connectivity index (χ4n) is 1.26. The standard InChI is InChI=1S/C13H19NO3S2/c1-5-13(2,3)12(15)14-10-6-8-11(9-7-10)19(16,17)18-4/h6-9H,5H2,1-4H3,(H,14,15). The van der Waals surface area contributed by atoms with E-state index in [-0.39, 0.29) is 10.8 Å². The largest absolute Gasteiger partial charge is 0.326 e. The van der Waals surface area contributed by atoms with Gasteiger partial charge in [-0.25, -0.2) is 8.42 Å². The molecule has 1 aromatic rings. The predicted molar refractivity (Wildman–Crippen MR) is 79.8 cm³/mol. The lowest BCUT2D eigenvalue weighted by molar-refractivity contribution is -0.124. The van der Waals surface area contributed by atoms with Crippen LogP contribution in [0.4, 0.5) is 5.69 Å². The molecule has 0 radical (unpaired) electrons. The van der Waals surface area contributed by atoms with Gasteiger partial charge in [0, 0.05) is 11.1 Å². The van der Waals surface area contributed by atoms with E-state index in [1.165, 1.54) is 18.4 Å². The molecule has 106 valence electrons. The van der Waals surface area contributed by atoms with E-state index >= 15 is 0 Å². The zero-order valence-electron chi connectivity index (χ0n) is 11.6. The highest BCUT2D eigenvalue weighted by Crippen LogP contribution is 2.25. The van der Waals surface area contributed by atoms with Crippen molar-refractivity contribution in [3.05, 3.63) is 24.3 Å². The molecule has 0 aliphatic heterocycles. The van der Waals surface area contributed by atoms with Crippen LogP contribution in [-0.4, -0.2) is 20.6 Å². The minimum Gasteiger partial charge on any atom is -0.326 e. The van der Waals surface area contributed by atoms with Gasteiger partial charge >= 0.3 is 0 Å². The highest BCUT2D eigenvalue weighted by molar-refractivity contribution is 8.71.